The number of anilines is 5. The van der Waals surface area contributed by atoms with E-state index in [0.717, 1.165) is 55.9 Å². The van der Waals surface area contributed by atoms with Crippen LogP contribution in [0, 0.1) is 0 Å². The Labute approximate surface area is 172 Å². The predicted octanol–water partition coefficient (Wildman–Crippen LogP) is 3.61. The van der Waals surface area contributed by atoms with Gasteiger partial charge in [0, 0.05) is 31.4 Å². The molecule has 0 amide bonds. The van der Waals surface area contributed by atoms with Gasteiger partial charge in [0.25, 0.3) is 0 Å². The van der Waals surface area contributed by atoms with Crippen LogP contribution < -0.4 is 20.4 Å². The van der Waals surface area contributed by atoms with E-state index in [-0.39, 0.29) is 6.10 Å². The average Bonchev–Trinajstić information content (AvgIpc) is 3.12. The van der Waals surface area contributed by atoms with Crippen LogP contribution in [-0.2, 0) is 4.74 Å². The number of aromatic nitrogens is 3. The van der Waals surface area contributed by atoms with Crippen molar-refractivity contribution in [2.24, 2.45) is 0 Å². The van der Waals surface area contributed by atoms with Crippen LogP contribution in [0.4, 0.5) is 29.0 Å². The molecule has 0 bridgehead atoms. The third-order valence-electron chi connectivity index (χ3n) is 5.34. The van der Waals surface area contributed by atoms with Crippen LogP contribution in [0.15, 0.2) is 24.5 Å². The zero-order chi connectivity index (χ0) is 20.4. The highest BCUT2D eigenvalue weighted by atomic mass is 16.5. The number of nitrogens with zero attached hydrogens (tertiary/aromatic N) is 5. The van der Waals surface area contributed by atoms with Crippen LogP contribution in [0.25, 0.3) is 0 Å². The summed E-state index contributed by atoms with van der Waals surface area (Å²) < 4.78 is 5.94. The Morgan fingerprint density at radius 2 is 1.93 bits per heavy atom. The van der Waals surface area contributed by atoms with E-state index < -0.39 is 0 Å². The Hall–Kier alpha value is -2.61. The number of pyridine rings is 1. The molecular formula is C21H31N7O. The molecular weight excluding hydrogens is 366 g/mol. The lowest BCUT2D eigenvalue weighted by Gasteiger charge is -2.32. The number of ether oxygens (including phenoxy) is 1. The summed E-state index contributed by atoms with van der Waals surface area (Å²) in [6, 6.07) is 4.38. The van der Waals surface area contributed by atoms with E-state index >= 15 is 0 Å². The minimum absolute atomic E-state index is 0.275. The van der Waals surface area contributed by atoms with E-state index in [1.165, 1.54) is 5.69 Å². The van der Waals surface area contributed by atoms with Gasteiger partial charge in [0.1, 0.15) is 11.6 Å². The molecule has 8 nitrogen and oxygen atoms in total. The first-order valence-electron chi connectivity index (χ1n) is 10.5. The molecule has 2 aromatic rings. The second-order valence-electron chi connectivity index (χ2n) is 8.22. The van der Waals surface area contributed by atoms with Crippen molar-refractivity contribution in [3.8, 4) is 0 Å². The van der Waals surface area contributed by atoms with E-state index in [4.69, 9.17) is 9.72 Å². The van der Waals surface area contributed by atoms with Gasteiger partial charge in [-0.25, -0.2) is 9.97 Å². The summed E-state index contributed by atoms with van der Waals surface area (Å²) in [5, 5.41) is 6.72. The van der Waals surface area contributed by atoms with E-state index in [1.807, 2.05) is 12.3 Å². The highest BCUT2D eigenvalue weighted by molar-refractivity contribution is 5.77. The molecule has 4 rings (SSSR count). The second-order valence-corrected chi connectivity index (χ2v) is 8.22. The van der Waals surface area contributed by atoms with E-state index in [0.29, 0.717) is 12.1 Å². The molecule has 2 aliphatic rings. The zero-order valence-electron chi connectivity index (χ0n) is 17.7. The molecule has 2 N–H and O–H groups in total. The SMILES string of the molecule is CC(C)OC1CCN(c2nccc(Nc3cc4c(cn3)NCN4C(C)C)n2)CC1. The van der Waals surface area contributed by atoms with Gasteiger partial charge in [0.15, 0.2) is 0 Å². The molecule has 0 spiro atoms. The Balaban J connectivity index is 1.43. The normalized spacial score (nSPS) is 17.0. The Morgan fingerprint density at radius 3 is 2.66 bits per heavy atom. The smallest absolute Gasteiger partial charge is 0.227 e. The summed E-state index contributed by atoms with van der Waals surface area (Å²) >= 11 is 0. The molecule has 0 unspecified atom stereocenters. The van der Waals surface area contributed by atoms with Crippen LogP contribution in [0.3, 0.4) is 0 Å². The molecule has 0 aromatic carbocycles. The average molecular weight is 398 g/mol. The van der Waals surface area contributed by atoms with Gasteiger partial charge < -0.3 is 25.2 Å². The van der Waals surface area contributed by atoms with E-state index in [1.54, 1.807) is 6.20 Å². The molecule has 0 atom stereocenters. The van der Waals surface area contributed by atoms with Gasteiger partial charge in [-0.05, 0) is 46.6 Å². The lowest BCUT2D eigenvalue weighted by Crippen LogP contribution is -2.38. The van der Waals surface area contributed by atoms with Crippen molar-refractivity contribution in [2.45, 2.75) is 58.8 Å². The maximum absolute atomic E-state index is 5.94. The Morgan fingerprint density at radius 1 is 1.14 bits per heavy atom. The summed E-state index contributed by atoms with van der Waals surface area (Å²) in [4.78, 5) is 18.3. The third-order valence-corrected chi connectivity index (χ3v) is 5.34. The van der Waals surface area contributed by atoms with Crippen molar-refractivity contribution in [1.29, 1.82) is 0 Å². The minimum atomic E-state index is 0.275. The Kier molecular flexibility index (Phi) is 5.71. The van der Waals surface area contributed by atoms with Gasteiger partial charge in [-0.15, -0.1) is 0 Å². The second kappa shape index (κ2) is 8.41. The minimum Gasteiger partial charge on any atom is -0.375 e. The van der Waals surface area contributed by atoms with Gasteiger partial charge in [0.05, 0.1) is 36.4 Å². The van der Waals surface area contributed by atoms with Crippen LogP contribution in [0.5, 0.6) is 0 Å². The van der Waals surface area contributed by atoms with Crippen molar-refractivity contribution in [1.82, 2.24) is 15.0 Å². The Bertz CT molecular complexity index is 834. The van der Waals surface area contributed by atoms with Gasteiger partial charge >= 0.3 is 0 Å². The molecule has 0 saturated carbocycles. The summed E-state index contributed by atoms with van der Waals surface area (Å²) in [7, 11) is 0. The molecule has 8 heteroatoms. The van der Waals surface area contributed by atoms with Crippen molar-refractivity contribution >= 4 is 29.0 Å². The van der Waals surface area contributed by atoms with Crippen LogP contribution in [-0.4, -0.2) is 53.0 Å². The van der Waals surface area contributed by atoms with Gasteiger partial charge in [-0.1, -0.05) is 0 Å². The molecule has 2 aromatic heterocycles. The quantitative estimate of drug-likeness (QED) is 0.765. The van der Waals surface area contributed by atoms with Crippen LogP contribution >= 0.6 is 0 Å². The summed E-state index contributed by atoms with van der Waals surface area (Å²) in [5.74, 6) is 2.29. The number of piperidine rings is 1. The van der Waals surface area contributed by atoms with Gasteiger partial charge in [-0.2, -0.15) is 4.98 Å². The molecule has 0 radical (unpaired) electrons. The van der Waals surface area contributed by atoms with Gasteiger partial charge in [-0.3, -0.25) is 0 Å². The molecule has 1 saturated heterocycles. The maximum Gasteiger partial charge on any atom is 0.227 e. The van der Waals surface area contributed by atoms with Crippen molar-refractivity contribution < 1.29 is 4.74 Å². The monoisotopic (exact) mass is 397 g/mol. The first kappa shape index (κ1) is 19.7. The highest BCUT2D eigenvalue weighted by Crippen LogP contribution is 2.34. The standard InChI is InChI=1S/C21H31N7O/c1-14(2)28-13-24-17-12-23-20(11-18(17)28)25-19-5-8-22-21(26-19)27-9-6-16(7-10-27)29-15(3)4/h5,8,11-12,14-16,24H,6-7,9-10,13H2,1-4H3,(H,22,23,25,26). The molecule has 1 fully saturated rings. The van der Waals surface area contributed by atoms with E-state index in [2.05, 4.69) is 64.2 Å². The van der Waals surface area contributed by atoms with E-state index in [9.17, 15) is 0 Å². The molecule has 0 aliphatic carbocycles. The fourth-order valence-electron chi connectivity index (χ4n) is 3.88. The molecule has 2 aliphatic heterocycles. The maximum atomic E-state index is 5.94. The summed E-state index contributed by atoms with van der Waals surface area (Å²) in [6.07, 6.45) is 6.30. The fraction of sp³-hybridized carbons (Fsp3) is 0.571. The highest BCUT2D eigenvalue weighted by Gasteiger charge is 2.23. The van der Waals surface area contributed by atoms with Crippen LogP contribution in [0.2, 0.25) is 0 Å². The lowest BCUT2D eigenvalue weighted by atomic mass is 10.1. The lowest BCUT2D eigenvalue weighted by molar-refractivity contribution is -0.00491. The number of fused-ring (bicyclic) bond motifs is 1. The van der Waals surface area contributed by atoms with Crippen molar-refractivity contribution in [3.63, 3.8) is 0 Å². The van der Waals surface area contributed by atoms with Gasteiger partial charge in [0.2, 0.25) is 5.95 Å². The number of rotatable bonds is 6. The zero-order valence-corrected chi connectivity index (χ0v) is 17.7. The number of hydrogen-bond donors (Lipinski definition) is 2. The first-order chi connectivity index (χ1) is 14.0. The summed E-state index contributed by atoms with van der Waals surface area (Å²) in [5.41, 5.74) is 2.23. The van der Waals surface area contributed by atoms with Crippen molar-refractivity contribution in [2.75, 3.05) is 40.2 Å². The molecule has 156 valence electrons. The third kappa shape index (κ3) is 4.53. The summed E-state index contributed by atoms with van der Waals surface area (Å²) in [6.45, 7) is 11.2. The number of hydrogen-bond acceptors (Lipinski definition) is 8. The fourth-order valence-corrected chi connectivity index (χ4v) is 3.88. The predicted molar refractivity (Wildman–Crippen MR) is 117 cm³/mol. The largest absolute Gasteiger partial charge is 0.375 e. The topological polar surface area (TPSA) is 78.4 Å². The first-order valence-corrected chi connectivity index (χ1v) is 10.5. The molecule has 29 heavy (non-hydrogen) atoms. The number of nitrogens with one attached hydrogen (secondary N) is 2. The van der Waals surface area contributed by atoms with Crippen molar-refractivity contribution in [3.05, 3.63) is 24.5 Å². The molecule has 4 heterocycles. The van der Waals surface area contributed by atoms with Crippen LogP contribution in [0.1, 0.15) is 40.5 Å².